The smallest absolute Gasteiger partial charge is 0.139 e. The zero-order valence-corrected chi connectivity index (χ0v) is 11.3. The van der Waals surface area contributed by atoms with Gasteiger partial charge in [-0.05, 0) is 37.8 Å². The lowest BCUT2D eigenvalue weighted by molar-refractivity contribution is 0.363. The molecule has 1 saturated heterocycles. The monoisotopic (exact) mass is 256 g/mol. The highest BCUT2D eigenvalue weighted by Crippen LogP contribution is 2.27. The quantitative estimate of drug-likeness (QED) is 0.895. The van der Waals surface area contributed by atoms with Gasteiger partial charge in [0.2, 0.25) is 0 Å². The molecule has 19 heavy (non-hydrogen) atoms. The van der Waals surface area contributed by atoms with Gasteiger partial charge < -0.3 is 10.6 Å². The van der Waals surface area contributed by atoms with E-state index in [1.807, 2.05) is 18.2 Å². The fourth-order valence-corrected chi connectivity index (χ4v) is 2.87. The van der Waals surface area contributed by atoms with Crippen LogP contribution in [0.4, 0.5) is 5.82 Å². The molecule has 3 rings (SSSR count). The van der Waals surface area contributed by atoms with Gasteiger partial charge in [-0.15, -0.1) is 0 Å². The lowest BCUT2D eigenvalue weighted by atomic mass is 9.92. The molecule has 1 fully saturated rings. The van der Waals surface area contributed by atoms with E-state index in [1.54, 1.807) is 6.33 Å². The van der Waals surface area contributed by atoms with Crippen molar-refractivity contribution in [3.63, 3.8) is 0 Å². The van der Waals surface area contributed by atoms with E-state index in [0.29, 0.717) is 5.92 Å². The molecular formula is C15H20N4. The summed E-state index contributed by atoms with van der Waals surface area (Å²) in [6.07, 6.45) is 4.06. The van der Waals surface area contributed by atoms with Crippen LogP contribution in [0.5, 0.6) is 0 Å². The summed E-state index contributed by atoms with van der Waals surface area (Å²) in [5.41, 5.74) is 7.07. The summed E-state index contributed by atoms with van der Waals surface area (Å²) < 4.78 is 0. The number of fused-ring (bicyclic) bond motifs is 1. The summed E-state index contributed by atoms with van der Waals surface area (Å²) >= 11 is 0. The zero-order valence-electron chi connectivity index (χ0n) is 11.3. The van der Waals surface area contributed by atoms with Crippen molar-refractivity contribution in [3.8, 4) is 0 Å². The summed E-state index contributed by atoms with van der Waals surface area (Å²) in [5.74, 6) is 1.61. The highest BCUT2D eigenvalue weighted by Gasteiger charge is 2.24. The maximum absolute atomic E-state index is 6.06. The average molecular weight is 256 g/mol. The van der Waals surface area contributed by atoms with E-state index >= 15 is 0 Å². The van der Waals surface area contributed by atoms with Crippen molar-refractivity contribution >= 4 is 16.7 Å². The molecule has 0 saturated carbocycles. The molecule has 2 heterocycles. The molecule has 4 nitrogen and oxygen atoms in total. The van der Waals surface area contributed by atoms with Crippen molar-refractivity contribution in [1.29, 1.82) is 0 Å². The summed E-state index contributed by atoms with van der Waals surface area (Å²) in [5, 5.41) is 1.13. The first kappa shape index (κ1) is 12.4. The van der Waals surface area contributed by atoms with E-state index in [2.05, 4.69) is 27.9 Å². The fourth-order valence-electron chi connectivity index (χ4n) is 2.87. The summed E-state index contributed by atoms with van der Waals surface area (Å²) in [6.45, 7) is 4.16. The minimum Gasteiger partial charge on any atom is -0.356 e. The van der Waals surface area contributed by atoms with E-state index < -0.39 is 0 Å². The third kappa shape index (κ3) is 2.40. The molecule has 2 atom stereocenters. The second-order valence-electron chi connectivity index (χ2n) is 5.42. The summed E-state index contributed by atoms with van der Waals surface area (Å²) in [6, 6.07) is 8.44. The van der Waals surface area contributed by atoms with Crippen LogP contribution < -0.4 is 10.6 Å². The number of para-hydroxylation sites is 1. The Bertz CT molecular complexity index is 562. The van der Waals surface area contributed by atoms with Crippen molar-refractivity contribution < 1.29 is 0 Å². The molecule has 1 aromatic heterocycles. The Morgan fingerprint density at radius 3 is 3.00 bits per heavy atom. The molecule has 1 aromatic carbocycles. The highest BCUT2D eigenvalue weighted by atomic mass is 15.2. The predicted molar refractivity (Wildman–Crippen MR) is 78.1 cm³/mol. The molecular weight excluding hydrogens is 236 g/mol. The fraction of sp³-hybridized carbons (Fsp3) is 0.467. The third-order valence-electron chi connectivity index (χ3n) is 4.02. The van der Waals surface area contributed by atoms with Crippen LogP contribution in [0.25, 0.3) is 10.9 Å². The molecule has 0 aliphatic carbocycles. The molecule has 0 radical (unpaired) electrons. The van der Waals surface area contributed by atoms with E-state index in [0.717, 1.165) is 29.8 Å². The number of hydrogen-bond donors (Lipinski definition) is 1. The molecule has 0 amide bonds. The van der Waals surface area contributed by atoms with Crippen molar-refractivity contribution in [2.75, 3.05) is 18.0 Å². The number of aromatic nitrogens is 2. The van der Waals surface area contributed by atoms with Crippen LogP contribution in [-0.2, 0) is 0 Å². The van der Waals surface area contributed by atoms with Gasteiger partial charge in [-0.3, -0.25) is 0 Å². The molecule has 2 N–H and O–H groups in total. The lowest BCUT2D eigenvalue weighted by Crippen LogP contribution is -2.42. The molecule has 100 valence electrons. The van der Waals surface area contributed by atoms with Gasteiger partial charge in [0, 0.05) is 24.5 Å². The van der Waals surface area contributed by atoms with Gasteiger partial charge in [-0.1, -0.05) is 12.1 Å². The Morgan fingerprint density at radius 2 is 2.16 bits per heavy atom. The molecule has 2 aromatic rings. The first-order valence-electron chi connectivity index (χ1n) is 6.96. The van der Waals surface area contributed by atoms with Crippen LogP contribution in [0.1, 0.15) is 19.8 Å². The molecule has 1 aliphatic heterocycles. The minimum absolute atomic E-state index is 0.246. The number of anilines is 1. The van der Waals surface area contributed by atoms with Crippen molar-refractivity contribution in [2.24, 2.45) is 11.7 Å². The number of piperidine rings is 1. The molecule has 4 heteroatoms. The van der Waals surface area contributed by atoms with Crippen LogP contribution in [0, 0.1) is 5.92 Å². The Hall–Kier alpha value is -1.68. The van der Waals surface area contributed by atoms with Gasteiger partial charge >= 0.3 is 0 Å². The number of nitrogens with zero attached hydrogens (tertiary/aromatic N) is 3. The Kier molecular flexibility index (Phi) is 3.34. The highest BCUT2D eigenvalue weighted by molar-refractivity contribution is 5.89. The van der Waals surface area contributed by atoms with Crippen LogP contribution in [0.2, 0.25) is 0 Å². The van der Waals surface area contributed by atoms with E-state index in [1.165, 1.54) is 12.8 Å². The standard InChI is InChI=1S/C15H20N4/c1-11(16)12-5-4-8-19(9-12)15-13-6-2-3-7-14(13)17-10-18-15/h2-3,6-7,10-12H,4-5,8-9,16H2,1H3. The van der Waals surface area contributed by atoms with Gasteiger partial charge in [0.25, 0.3) is 0 Å². The van der Waals surface area contributed by atoms with E-state index in [4.69, 9.17) is 5.73 Å². The van der Waals surface area contributed by atoms with Crippen LogP contribution in [0.15, 0.2) is 30.6 Å². The minimum atomic E-state index is 0.246. The Morgan fingerprint density at radius 1 is 1.32 bits per heavy atom. The zero-order chi connectivity index (χ0) is 13.2. The largest absolute Gasteiger partial charge is 0.356 e. The van der Waals surface area contributed by atoms with Crippen molar-refractivity contribution in [2.45, 2.75) is 25.8 Å². The van der Waals surface area contributed by atoms with Gasteiger partial charge in [-0.2, -0.15) is 0 Å². The van der Waals surface area contributed by atoms with Gasteiger partial charge in [0.1, 0.15) is 12.1 Å². The first-order valence-corrected chi connectivity index (χ1v) is 6.96. The predicted octanol–water partition coefficient (Wildman–Crippen LogP) is 2.19. The summed E-state index contributed by atoms with van der Waals surface area (Å²) in [7, 11) is 0. The normalized spacial score (nSPS) is 21.6. The van der Waals surface area contributed by atoms with Gasteiger partial charge in [0.15, 0.2) is 0 Å². The molecule has 0 spiro atoms. The summed E-state index contributed by atoms with van der Waals surface area (Å²) in [4.78, 5) is 11.2. The maximum atomic E-state index is 6.06. The number of nitrogens with two attached hydrogens (primary N) is 1. The topological polar surface area (TPSA) is 55.0 Å². The molecule has 1 aliphatic rings. The van der Waals surface area contributed by atoms with Crippen LogP contribution >= 0.6 is 0 Å². The van der Waals surface area contributed by atoms with E-state index in [9.17, 15) is 0 Å². The first-order chi connectivity index (χ1) is 9.25. The van der Waals surface area contributed by atoms with Crippen molar-refractivity contribution in [1.82, 2.24) is 9.97 Å². The Labute approximate surface area is 113 Å². The third-order valence-corrected chi connectivity index (χ3v) is 4.02. The number of hydrogen-bond acceptors (Lipinski definition) is 4. The van der Waals surface area contributed by atoms with Gasteiger partial charge in [0.05, 0.1) is 5.52 Å². The van der Waals surface area contributed by atoms with Crippen molar-refractivity contribution in [3.05, 3.63) is 30.6 Å². The van der Waals surface area contributed by atoms with Crippen LogP contribution in [-0.4, -0.2) is 29.1 Å². The van der Waals surface area contributed by atoms with Crippen LogP contribution in [0.3, 0.4) is 0 Å². The second kappa shape index (κ2) is 5.13. The molecule has 2 unspecified atom stereocenters. The lowest BCUT2D eigenvalue weighted by Gasteiger charge is -2.35. The number of benzene rings is 1. The SMILES string of the molecule is CC(N)C1CCCN(c2ncnc3ccccc23)C1. The molecule has 0 bridgehead atoms. The number of rotatable bonds is 2. The maximum Gasteiger partial charge on any atom is 0.139 e. The van der Waals surface area contributed by atoms with Gasteiger partial charge in [-0.25, -0.2) is 9.97 Å². The average Bonchev–Trinajstić information content (AvgIpc) is 2.47. The van der Waals surface area contributed by atoms with E-state index in [-0.39, 0.29) is 6.04 Å². The second-order valence-corrected chi connectivity index (χ2v) is 5.42. The Balaban J connectivity index is 1.95.